The molecule has 3 aromatic heterocycles. The fourth-order valence-electron chi connectivity index (χ4n) is 4.08. The predicted molar refractivity (Wildman–Crippen MR) is 150 cm³/mol. The maximum absolute atomic E-state index is 13.4. The fraction of sp³-hybridized carbons (Fsp3) is 0.296. The van der Waals surface area contributed by atoms with Crippen LogP contribution in [0.2, 0.25) is 0 Å². The molecule has 0 atom stereocenters. The van der Waals surface area contributed by atoms with Gasteiger partial charge in [-0.2, -0.15) is 13.2 Å². The van der Waals surface area contributed by atoms with E-state index in [4.69, 9.17) is 0 Å². The second kappa shape index (κ2) is 11.7. The number of nitrogens with one attached hydrogen (secondary N) is 2. The van der Waals surface area contributed by atoms with Crippen molar-refractivity contribution in [2.45, 2.75) is 32.6 Å². The van der Waals surface area contributed by atoms with Crippen molar-refractivity contribution >= 4 is 40.1 Å². The highest BCUT2D eigenvalue weighted by atomic mass is 32.1. The van der Waals surface area contributed by atoms with Gasteiger partial charge in [0, 0.05) is 53.4 Å². The van der Waals surface area contributed by atoms with E-state index in [2.05, 4.69) is 20.6 Å². The van der Waals surface area contributed by atoms with Gasteiger partial charge in [-0.05, 0) is 51.7 Å². The van der Waals surface area contributed by atoms with Gasteiger partial charge in [0.1, 0.15) is 16.4 Å². The normalized spacial score (nSPS) is 11.8. The van der Waals surface area contributed by atoms with Crippen molar-refractivity contribution in [1.82, 2.24) is 24.8 Å². The lowest BCUT2D eigenvalue weighted by molar-refractivity contribution is -0.140. The molecule has 216 valence electrons. The van der Waals surface area contributed by atoms with Crippen LogP contribution in [0.4, 0.5) is 23.8 Å². The van der Waals surface area contributed by atoms with Crippen molar-refractivity contribution in [2.24, 2.45) is 0 Å². The number of alkyl halides is 3. The average Bonchev–Trinajstić information content (AvgIpc) is 3.38. The molecule has 14 heteroatoms. The Kier molecular flexibility index (Phi) is 8.44. The first-order chi connectivity index (χ1) is 19.2. The molecule has 0 spiro atoms. The molecule has 4 rings (SSSR count). The standard InChI is InChI=1S/C27H27F3N6O4S/c1-14(2)32-26(40)34-22-10-17(24-33-21(13-41-24)27(28,29)30)18(11-31-22)15-5-6-16-20(9-15)36(8-7-35(3)4)12-19(23(16)37)25(38)39/h5-6,9-14H,7-8H2,1-4H3,(H,38,39)(H2,31,32,34,40). The molecule has 0 unspecified atom stereocenters. The lowest BCUT2D eigenvalue weighted by Crippen LogP contribution is -2.34. The number of urea groups is 1. The number of fused-ring (bicyclic) bond motifs is 1. The summed E-state index contributed by atoms with van der Waals surface area (Å²) >= 11 is 0.789. The number of carbonyl (C=O) groups is 2. The maximum Gasteiger partial charge on any atom is 0.434 e. The van der Waals surface area contributed by atoms with Gasteiger partial charge >= 0.3 is 18.2 Å². The number of likely N-dealkylation sites (N-methyl/N-ethyl adjacent to an activating group) is 1. The number of pyridine rings is 2. The van der Waals surface area contributed by atoms with Crippen LogP contribution in [0.3, 0.4) is 0 Å². The number of halogens is 3. The summed E-state index contributed by atoms with van der Waals surface area (Å²) in [5.74, 6) is -1.25. The molecule has 0 saturated heterocycles. The molecule has 0 saturated carbocycles. The number of benzene rings is 1. The van der Waals surface area contributed by atoms with Crippen molar-refractivity contribution in [3.05, 3.63) is 63.5 Å². The van der Waals surface area contributed by atoms with Crippen molar-refractivity contribution in [3.8, 4) is 21.7 Å². The number of amides is 2. The molecule has 0 aliphatic rings. The van der Waals surface area contributed by atoms with E-state index in [1.54, 1.807) is 30.5 Å². The van der Waals surface area contributed by atoms with Crippen LogP contribution in [0.5, 0.6) is 0 Å². The van der Waals surface area contributed by atoms with Crippen LogP contribution in [0, 0.1) is 0 Å². The summed E-state index contributed by atoms with van der Waals surface area (Å²) in [4.78, 5) is 46.9. The Balaban J connectivity index is 1.90. The second-order valence-electron chi connectivity index (χ2n) is 9.81. The molecule has 0 aliphatic carbocycles. The number of hydrogen-bond donors (Lipinski definition) is 3. The summed E-state index contributed by atoms with van der Waals surface area (Å²) in [6.45, 7) is 4.46. The Labute approximate surface area is 236 Å². The molecule has 0 fully saturated rings. The molecule has 41 heavy (non-hydrogen) atoms. The number of rotatable bonds is 8. The zero-order valence-electron chi connectivity index (χ0n) is 22.5. The molecule has 2 amide bonds. The molecular formula is C27H27F3N6O4S. The van der Waals surface area contributed by atoms with Crippen LogP contribution < -0.4 is 16.1 Å². The Hall–Kier alpha value is -4.30. The van der Waals surface area contributed by atoms with Crippen molar-refractivity contribution in [1.29, 1.82) is 0 Å². The van der Waals surface area contributed by atoms with Crippen molar-refractivity contribution in [3.63, 3.8) is 0 Å². The Morgan fingerprint density at radius 3 is 2.51 bits per heavy atom. The van der Waals surface area contributed by atoms with Gasteiger partial charge in [0.25, 0.3) is 0 Å². The molecule has 0 bridgehead atoms. The van der Waals surface area contributed by atoms with E-state index >= 15 is 0 Å². The Morgan fingerprint density at radius 2 is 1.90 bits per heavy atom. The van der Waals surface area contributed by atoms with Crippen molar-refractivity contribution in [2.75, 3.05) is 26.0 Å². The molecule has 3 heterocycles. The third-order valence-corrected chi connectivity index (χ3v) is 6.88. The molecule has 0 aliphatic heterocycles. The van der Waals surface area contributed by atoms with Gasteiger partial charge in [-0.15, -0.1) is 11.3 Å². The van der Waals surface area contributed by atoms with Crippen LogP contribution in [0.15, 0.2) is 46.8 Å². The van der Waals surface area contributed by atoms with E-state index in [9.17, 15) is 32.7 Å². The summed E-state index contributed by atoms with van der Waals surface area (Å²) in [5, 5.41) is 15.9. The van der Waals surface area contributed by atoms with Gasteiger partial charge < -0.3 is 19.9 Å². The van der Waals surface area contributed by atoms with Crippen LogP contribution in [-0.4, -0.2) is 63.2 Å². The third-order valence-electron chi connectivity index (χ3n) is 6.00. The highest BCUT2D eigenvalue weighted by molar-refractivity contribution is 7.13. The van der Waals surface area contributed by atoms with Crippen LogP contribution in [0.1, 0.15) is 29.9 Å². The van der Waals surface area contributed by atoms with Gasteiger partial charge in [-0.25, -0.2) is 19.6 Å². The largest absolute Gasteiger partial charge is 0.477 e. The summed E-state index contributed by atoms with van der Waals surface area (Å²) in [6, 6.07) is 5.46. The number of thiazole rings is 1. The van der Waals surface area contributed by atoms with Crippen molar-refractivity contribution < 1.29 is 27.9 Å². The maximum atomic E-state index is 13.4. The molecular weight excluding hydrogens is 561 g/mol. The number of carboxylic acids is 1. The van der Waals surface area contributed by atoms with Gasteiger partial charge in [-0.1, -0.05) is 6.07 Å². The third kappa shape index (κ3) is 6.72. The number of carboxylic acid groups (broad SMARTS) is 1. The monoisotopic (exact) mass is 588 g/mol. The highest BCUT2D eigenvalue weighted by Crippen LogP contribution is 2.39. The van der Waals surface area contributed by atoms with E-state index in [1.807, 2.05) is 19.0 Å². The number of carbonyl (C=O) groups excluding carboxylic acids is 1. The first kappa shape index (κ1) is 29.7. The van der Waals surface area contributed by atoms with E-state index in [-0.39, 0.29) is 33.4 Å². The number of hydrogen-bond acceptors (Lipinski definition) is 7. The zero-order valence-corrected chi connectivity index (χ0v) is 23.4. The second-order valence-corrected chi connectivity index (χ2v) is 10.7. The summed E-state index contributed by atoms with van der Waals surface area (Å²) in [6.07, 6.45) is -1.95. The smallest absolute Gasteiger partial charge is 0.434 e. The summed E-state index contributed by atoms with van der Waals surface area (Å²) < 4.78 is 41.8. The van der Waals surface area contributed by atoms with Gasteiger partial charge in [-0.3, -0.25) is 10.1 Å². The topological polar surface area (TPSA) is 129 Å². The van der Waals surface area contributed by atoms with E-state index in [1.165, 1.54) is 24.5 Å². The van der Waals surface area contributed by atoms with Gasteiger partial charge in [0.2, 0.25) is 5.43 Å². The molecule has 4 aromatic rings. The van der Waals surface area contributed by atoms with Crippen LogP contribution in [0.25, 0.3) is 32.6 Å². The first-order valence-corrected chi connectivity index (χ1v) is 13.3. The predicted octanol–water partition coefficient (Wildman–Crippen LogP) is 5.00. The average molecular weight is 589 g/mol. The summed E-state index contributed by atoms with van der Waals surface area (Å²) in [5.41, 5.74) is -0.442. The lowest BCUT2D eigenvalue weighted by atomic mass is 9.99. The SMILES string of the molecule is CC(C)NC(=O)Nc1cc(-c2nc(C(F)(F)F)cs2)c(-c2ccc3c(=O)c(C(=O)O)cn(CCN(C)C)c3c2)cn1. The quantitative estimate of drug-likeness (QED) is 0.264. The van der Waals surface area contributed by atoms with E-state index < -0.39 is 29.3 Å². The minimum Gasteiger partial charge on any atom is -0.477 e. The molecule has 3 N–H and O–H groups in total. The van der Waals surface area contributed by atoms with Gasteiger partial charge in [0.05, 0.1) is 5.52 Å². The first-order valence-electron chi connectivity index (χ1n) is 12.4. The number of aromatic carboxylic acids is 1. The number of anilines is 1. The lowest BCUT2D eigenvalue weighted by Gasteiger charge is -2.17. The fourth-order valence-corrected chi connectivity index (χ4v) is 4.93. The van der Waals surface area contributed by atoms with Crippen LogP contribution >= 0.6 is 11.3 Å². The number of aromatic nitrogens is 3. The minimum absolute atomic E-state index is 0.0494. The summed E-state index contributed by atoms with van der Waals surface area (Å²) in [7, 11) is 3.71. The number of nitrogens with zero attached hydrogens (tertiary/aromatic N) is 4. The van der Waals surface area contributed by atoms with Gasteiger partial charge in [0.15, 0.2) is 5.69 Å². The van der Waals surface area contributed by atoms with Crippen LogP contribution in [-0.2, 0) is 12.7 Å². The Bertz CT molecular complexity index is 1680. The molecule has 10 nitrogen and oxygen atoms in total. The van der Waals surface area contributed by atoms with E-state index in [0.717, 1.165) is 16.7 Å². The van der Waals surface area contributed by atoms with E-state index in [0.29, 0.717) is 29.7 Å². The molecule has 0 radical (unpaired) electrons. The minimum atomic E-state index is -4.65. The Morgan fingerprint density at radius 1 is 1.17 bits per heavy atom. The molecule has 1 aromatic carbocycles. The zero-order chi connectivity index (χ0) is 30.1. The highest BCUT2D eigenvalue weighted by Gasteiger charge is 2.34.